The molecule has 0 radical (unpaired) electrons. The van der Waals surface area contributed by atoms with Gasteiger partial charge in [-0.15, -0.1) is 0 Å². The second-order valence-corrected chi connectivity index (χ2v) is 5.57. The average molecular weight is 351 g/mol. The van der Waals surface area contributed by atoms with E-state index < -0.39 is 6.04 Å². The Morgan fingerprint density at radius 3 is 2.86 bits per heavy atom. The van der Waals surface area contributed by atoms with Crippen LogP contribution in [0.25, 0.3) is 0 Å². The van der Waals surface area contributed by atoms with Gasteiger partial charge in [0.2, 0.25) is 5.91 Å². The van der Waals surface area contributed by atoms with Gasteiger partial charge in [-0.3, -0.25) is 4.79 Å². The molecular weight excluding hydrogens is 339 g/mol. The number of carbonyl (C=O) groups is 1. The molecule has 0 aromatic heterocycles. The van der Waals surface area contributed by atoms with Gasteiger partial charge < -0.3 is 15.8 Å². The van der Waals surface area contributed by atoms with Gasteiger partial charge in [0.25, 0.3) is 0 Å². The van der Waals surface area contributed by atoms with Crippen molar-refractivity contribution in [1.82, 2.24) is 0 Å². The van der Waals surface area contributed by atoms with E-state index in [1.165, 1.54) is 6.07 Å². The minimum absolute atomic E-state index is 0.101. The van der Waals surface area contributed by atoms with Gasteiger partial charge >= 0.3 is 0 Å². The quantitative estimate of drug-likeness (QED) is 0.893. The minimum Gasteiger partial charge on any atom is -0.488 e. The summed E-state index contributed by atoms with van der Waals surface area (Å²) in [6, 6.07) is 9.18. The molecule has 2 aromatic carbocycles. The van der Waals surface area contributed by atoms with Crippen LogP contribution in [0.3, 0.4) is 0 Å². The van der Waals surface area contributed by atoms with Crippen LogP contribution in [0.5, 0.6) is 5.75 Å². The molecule has 1 aliphatic heterocycles. The van der Waals surface area contributed by atoms with Crippen molar-refractivity contribution in [3.05, 3.63) is 57.8 Å². The van der Waals surface area contributed by atoms with Gasteiger partial charge in [-0.25, -0.2) is 4.39 Å². The first-order chi connectivity index (χ1) is 10.1. The first-order valence-corrected chi connectivity index (χ1v) is 7.11. The fourth-order valence-electron chi connectivity index (χ4n) is 2.17. The molecule has 108 valence electrons. The van der Waals surface area contributed by atoms with Crippen LogP contribution in [0.2, 0.25) is 0 Å². The van der Waals surface area contributed by atoms with E-state index in [0.29, 0.717) is 27.0 Å². The molecule has 21 heavy (non-hydrogen) atoms. The standard InChI is InChI=1S/C15H12BrFN2O2/c16-10-5-9-12(19-15(20)14(9)18)6-13(10)21-7-8-3-1-2-4-11(8)17/h1-6,14H,7,18H2,(H,19,20). The lowest BCUT2D eigenvalue weighted by atomic mass is 10.1. The van der Waals surface area contributed by atoms with Gasteiger partial charge in [-0.1, -0.05) is 18.2 Å². The Labute approximate surface area is 129 Å². The highest BCUT2D eigenvalue weighted by Crippen LogP contribution is 2.38. The number of fused-ring (bicyclic) bond motifs is 1. The number of hydrogen-bond acceptors (Lipinski definition) is 3. The van der Waals surface area contributed by atoms with Crippen molar-refractivity contribution in [1.29, 1.82) is 0 Å². The predicted octanol–water partition coefficient (Wildman–Crippen LogP) is 3.12. The molecule has 0 fully saturated rings. The average Bonchev–Trinajstić information content (AvgIpc) is 2.73. The Morgan fingerprint density at radius 1 is 1.33 bits per heavy atom. The molecule has 3 N–H and O–H groups in total. The summed E-state index contributed by atoms with van der Waals surface area (Å²) in [5.74, 6) is -0.0420. The summed E-state index contributed by atoms with van der Waals surface area (Å²) >= 11 is 3.38. The van der Waals surface area contributed by atoms with Crippen LogP contribution in [0.1, 0.15) is 17.2 Å². The third-order valence-corrected chi connectivity index (χ3v) is 3.94. The Hall–Kier alpha value is -1.92. The maximum Gasteiger partial charge on any atom is 0.245 e. The summed E-state index contributed by atoms with van der Waals surface area (Å²) in [5, 5.41) is 2.69. The smallest absolute Gasteiger partial charge is 0.245 e. The molecule has 1 amide bonds. The summed E-state index contributed by atoms with van der Waals surface area (Å²) in [4.78, 5) is 11.5. The van der Waals surface area contributed by atoms with Gasteiger partial charge in [0.15, 0.2) is 0 Å². The zero-order valence-corrected chi connectivity index (χ0v) is 12.5. The highest BCUT2D eigenvalue weighted by atomic mass is 79.9. The van der Waals surface area contributed by atoms with E-state index in [2.05, 4.69) is 21.2 Å². The number of benzene rings is 2. The lowest BCUT2D eigenvalue weighted by molar-refractivity contribution is -0.116. The zero-order chi connectivity index (χ0) is 15.0. The van der Waals surface area contributed by atoms with E-state index in [4.69, 9.17) is 10.5 Å². The van der Waals surface area contributed by atoms with E-state index in [1.54, 1.807) is 30.3 Å². The number of rotatable bonds is 3. The fraction of sp³-hybridized carbons (Fsp3) is 0.133. The van der Waals surface area contributed by atoms with E-state index in [1.807, 2.05) is 0 Å². The molecule has 0 saturated heterocycles. The van der Waals surface area contributed by atoms with Crippen LogP contribution in [-0.4, -0.2) is 5.91 Å². The van der Waals surface area contributed by atoms with Crippen molar-refractivity contribution >= 4 is 27.5 Å². The van der Waals surface area contributed by atoms with Crippen LogP contribution < -0.4 is 15.8 Å². The van der Waals surface area contributed by atoms with Crippen molar-refractivity contribution in [2.75, 3.05) is 5.32 Å². The highest BCUT2D eigenvalue weighted by molar-refractivity contribution is 9.10. The molecule has 1 heterocycles. The fourth-order valence-corrected chi connectivity index (χ4v) is 2.64. The highest BCUT2D eigenvalue weighted by Gasteiger charge is 2.28. The van der Waals surface area contributed by atoms with Crippen LogP contribution in [0.15, 0.2) is 40.9 Å². The number of nitrogens with one attached hydrogen (secondary N) is 1. The third-order valence-electron chi connectivity index (χ3n) is 3.32. The Balaban J connectivity index is 1.83. The van der Waals surface area contributed by atoms with Gasteiger partial charge in [0, 0.05) is 22.9 Å². The SMILES string of the molecule is NC1C(=O)Nc2cc(OCc3ccccc3F)c(Br)cc21. The maximum atomic E-state index is 13.5. The summed E-state index contributed by atoms with van der Waals surface area (Å²) in [5.41, 5.74) is 7.57. The van der Waals surface area contributed by atoms with Crippen molar-refractivity contribution < 1.29 is 13.9 Å². The number of nitrogens with two attached hydrogens (primary N) is 1. The Morgan fingerprint density at radius 2 is 2.10 bits per heavy atom. The van der Waals surface area contributed by atoms with Crippen molar-refractivity contribution in [3.8, 4) is 5.75 Å². The van der Waals surface area contributed by atoms with Crippen molar-refractivity contribution in [3.63, 3.8) is 0 Å². The summed E-state index contributed by atoms with van der Waals surface area (Å²) < 4.78 is 19.8. The molecule has 1 unspecified atom stereocenters. The molecule has 3 rings (SSSR count). The van der Waals surface area contributed by atoms with E-state index in [9.17, 15) is 9.18 Å². The number of anilines is 1. The molecule has 1 atom stereocenters. The van der Waals surface area contributed by atoms with Crippen LogP contribution in [0.4, 0.5) is 10.1 Å². The largest absolute Gasteiger partial charge is 0.488 e. The van der Waals surface area contributed by atoms with E-state index in [0.717, 1.165) is 0 Å². The number of hydrogen-bond donors (Lipinski definition) is 2. The molecule has 0 spiro atoms. The zero-order valence-electron chi connectivity index (χ0n) is 10.9. The molecule has 4 nitrogen and oxygen atoms in total. The summed E-state index contributed by atoms with van der Waals surface area (Å²) in [7, 11) is 0. The topological polar surface area (TPSA) is 64.4 Å². The second-order valence-electron chi connectivity index (χ2n) is 4.72. The maximum absolute atomic E-state index is 13.5. The van der Waals surface area contributed by atoms with Gasteiger partial charge in [0.1, 0.15) is 24.2 Å². The molecule has 6 heteroatoms. The number of halogens is 2. The van der Waals surface area contributed by atoms with Gasteiger partial charge in [0.05, 0.1) is 4.47 Å². The second kappa shape index (κ2) is 5.46. The third kappa shape index (κ3) is 2.64. The van der Waals surface area contributed by atoms with E-state index in [-0.39, 0.29) is 18.3 Å². The van der Waals surface area contributed by atoms with Crippen molar-refractivity contribution in [2.45, 2.75) is 12.6 Å². The molecule has 1 aliphatic rings. The monoisotopic (exact) mass is 350 g/mol. The number of amides is 1. The Kier molecular flexibility index (Phi) is 3.65. The first-order valence-electron chi connectivity index (χ1n) is 6.32. The molecule has 2 aromatic rings. The molecule has 0 saturated carbocycles. The number of ether oxygens (including phenoxy) is 1. The number of carbonyl (C=O) groups excluding carboxylic acids is 1. The lowest BCUT2D eigenvalue weighted by Crippen LogP contribution is -2.19. The van der Waals surface area contributed by atoms with Crippen LogP contribution in [0, 0.1) is 5.82 Å². The summed E-state index contributed by atoms with van der Waals surface area (Å²) in [6.07, 6.45) is 0. The minimum atomic E-state index is -0.670. The van der Waals surface area contributed by atoms with Crippen LogP contribution >= 0.6 is 15.9 Å². The molecule has 0 aliphatic carbocycles. The van der Waals surface area contributed by atoms with Crippen molar-refractivity contribution in [2.24, 2.45) is 5.73 Å². The first kappa shape index (κ1) is 14.0. The van der Waals surface area contributed by atoms with Gasteiger partial charge in [-0.2, -0.15) is 0 Å². The Bertz CT molecular complexity index is 721. The lowest BCUT2D eigenvalue weighted by Gasteiger charge is -2.11. The predicted molar refractivity (Wildman–Crippen MR) is 80.4 cm³/mol. The normalized spacial score (nSPS) is 16.5. The molecular formula is C15H12BrFN2O2. The van der Waals surface area contributed by atoms with Gasteiger partial charge in [-0.05, 0) is 28.1 Å². The van der Waals surface area contributed by atoms with Crippen LogP contribution in [-0.2, 0) is 11.4 Å². The summed E-state index contributed by atoms with van der Waals surface area (Å²) in [6.45, 7) is 0.101. The van der Waals surface area contributed by atoms with E-state index >= 15 is 0 Å². The molecule has 0 bridgehead atoms.